The maximum Gasteiger partial charge on any atom is 0.339 e. The van der Waals surface area contributed by atoms with E-state index in [0.29, 0.717) is 0 Å². The second-order valence-corrected chi connectivity index (χ2v) is 6.11. The Morgan fingerprint density at radius 3 is 2.44 bits per heavy atom. The molecule has 0 aliphatic heterocycles. The number of rotatable bonds is 6. The van der Waals surface area contributed by atoms with Crippen LogP contribution in [0.5, 0.6) is 5.75 Å². The van der Waals surface area contributed by atoms with Gasteiger partial charge in [-0.05, 0) is 24.3 Å². The number of hydrazone groups is 1. The number of primary amides is 1. The first-order valence-corrected chi connectivity index (χ1v) is 8.07. The molecule has 130 valence electrons. The number of nitrogens with one attached hydrogen (secondary N) is 1. The van der Waals surface area contributed by atoms with Crippen molar-refractivity contribution in [3.05, 3.63) is 64.2 Å². The van der Waals surface area contributed by atoms with Gasteiger partial charge in [0.2, 0.25) is 0 Å². The molecule has 0 fully saturated rings. The third-order valence-corrected chi connectivity index (χ3v) is 4.08. The number of non-ortho nitro benzene ring substituents is 1. The van der Waals surface area contributed by atoms with Crippen LogP contribution in [0.2, 0.25) is 0 Å². The lowest BCUT2D eigenvalue weighted by Crippen LogP contribution is -2.24. The fraction of sp³-hybridized carbons (Fsp3) is 0. The summed E-state index contributed by atoms with van der Waals surface area (Å²) in [5, 5.41) is 14.2. The second-order valence-electron chi connectivity index (χ2n) is 4.56. The van der Waals surface area contributed by atoms with Crippen molar-refractivity contribution in [3.63, 3.8) is 0 Å². The van der Waals surface area contributed by atoms with Gasteiger partial charge in [-0.25, -0.2) is 10.2 Å². The van der Waals surface area contributed by atoms with Gasteiger partial charge in [-0.2, -0.15) is 13.5 Å². The summed E-state index contributed by atoms with van der Waals surface area (Å²) in [6, 6.07) is 9.41. The Morgan fingerprint density at radius 1 is 1.20 bits per heavy atom. The molecule has 0 saturated heterocycles. The first kappa shape index (κ1) is 17.9. The van der Waals surface area contributed by atoms with Crippen LogP contribution in [0, 0.1) is 10.1 Å². The minimum atomic E-state index is -4.22. The van der Waals surface area contributed by atoms with Crippen LogP contribution < -0.4 is 15.3 Å². The Hall–Kier alpha value is -3.47. The van der Waals surface area contributed by atoms with E-state index in [1.54, 1.807) is 12.1 Å². The van der Waals surface area contributed by atoms with Crippen molar-refractivity contribution in [2.24, 2.45) is 10.8 Å². The van der Waals surface area contributed by atoms with Crippen molar-refractivity contribution < 1.29 is 22.3 Å². The minimum Gasteiger partial charge on any atom is -0.378 e. The van der Waals surface area contributed by atoms with Gasteiger partial charge in [0.25, 0.3) is 5.69 Å². The van der Waals surface area contributed by atoms with Gasteiger partial charge in [0.1, 0.15) is 4.90 Å². The van der Waals surface area contributed by atoms with E-state index < -0.39 is 21.1 Å². The molecule has 2 aromatic carbocycles. The summed E-state index contributed by atoms with van der Waals surface area (Å²) in [6.45, 7) is 0. The number of carbonyl (C=O) groups is 1. The van der Waals surface area contributed by atoms with Crippen molar-refractivity contribution in [3.8, 4) is 5.75 Å². The van der Waals surface area contributed by atoms with E-state index in [4.69, 9.17) is 9.92 Å². The number of hydrogen-bond donors (Lipinski definition) is 2. The highest BCUT2D eigenvalue weighted by Gasteiger charge is 2.19. The fourth-order valence-corrected chi connectivity index (χ4v) is 2.68. The summed E-state index contributed by atoms with van der Waals surface area (Å²) in [6.07, 6.45) is 1.16. The Labute approximate surface area is 142 Å². The molecule has 0 unspecified atom stereocenters. The third-order valence-electron chi connectivity index (χ3n) is 2.83. The molecule has 0 bridgehead atoms. The van der Waals surface area contributed by atoms with Crippen LogP contribution in [0.1, 0.15) is 5.56 Å². The van der Waals surface area contributed by atoms with Gasteiger partial charge < -0.3 is 9.92 Å². The normalized spacial score (nSPS) is 11.2. The number of urea groups is 1. The summed E-state index contributed by atoms with van der Waals surface area (Å²) < 4.78 is 29.6. The van der Waals surface area contributed by atoms with Crippen LogP contribution in [0.15, 0.2) is 58.5 Å². The number of nitrogens with two attached hydrogens (primary N) is 1. The predicted molar refractivity (Wildman–Crippen MR) is 87.7 cm³/mol. The minimum absolute atomic E-state index is 0.0455. The van der Waals surface area contributed by atoms with Gasteiger partial charge in [-0.1, -0.05) is 12.1 Å². The van der Waals surface area contributed by atoms with Crippen LogP contribution >= 0.6 is 0 Å². The number of nitro groups is 1. The topological polar surface area (TPSA) is 154 Å². The van der Waals surface area contributed by atoms with E-state index >= 15 is 0 Å². The lowest BCUT2D eigenvalue weighted by atomic mass is 10.2. The molecule has 0 aromatic heterocycles. The van der Waals surface area contributed by atoms with Gasteiger partial charge in [-0.3, -0.25) is 10.1 Å². The lowest BCUT2D eigenvalue weighted by Gasteiger charge is -2.09. The van der Waals surface area contributed by atoms with Crippen molar-refractivity contribution in [2.45, 2.75) is 4.90 Å². The molecular weight excluding hydrogens is 352 g/mol. The van der Waals surface area contributed by atoms with E-state index in [-0.39, 0.29) is 21.9 Å². The van der Waals surface area contributed by atoms with Gasteiger partial charge in [0.15, 0.2) is 5.75 Å². The smallest absolute Gasteiger partial charge is 0.339 e. The molecule has 0 aliphatic rings. The molecular formula is C14H12N4O6S. The molecule has 2 amide bonds. The Bertz CT molecular complexity index is 925. The molecule has 25 heavy (non-hydrogen) atoms. The quantitative estimate of drug-likeness (QED) is 0.341. The van der Waals surface area contributed by atoms with Crippen LogP contribution in [-0.2, 0) is 10.1 Å². The largest absolute Gasteiger partial charge is 0.378 e. The zero-order valence-electron chi connectivity index (χ0n) is 12.5. The summed E-state index contributed by atoms with van der Waals surface area (Å²) in [5.74, 6) is -0.0455. The predicted octanol–water partition coefficient (Wildman–Crippen LogP) is 1.36. The maximum atomic E-state index is 12.3. The van der Waals surface area contributed by atoms with Crippen LogP contribution in [-0.4, -0.2) is 25.6 Å². The maximum absolute atomic E-state index is 12.3. The lowest BCUT2D eigenvalue weighted by molar-refractivity contribution is -0.384. The number of hydrogen-bond acceptors (Lipinski definition) is 7. The SMILES string of the molecule is NC(=O)NN=Cc1ccccc1OS(=O)(=O)c1ccc([N+](=O)[O-])cc1. The first-order chi connectivity index (χ1) is 11.8. The second kappa shape index (κ2) is 7.40. The molecule has 0 saturated carbocycles. The van der Waals surface area contributed by atoms with Gasteiger partial charge >= 0.3 is 16.1 Å². The molecule has 10 nitrogen and oxygen atoms in total. The van der Waals surface area contributed by atoms with Crippen molar-refractivity contribution in [2.75, 3.05) is 0 Å². The number of amides is 2. The van der Waals surface area contributed by atoms with Crippen LogP contribution in [0.25, 0.3) is 0 Å². The molecule has 3 N–H and O–H groups in total. The van der Waals surface area contributed by atoms with E-state index in [9.17, 15) is 23.3 Å². The zero-order valence-corrected chi connectivity index (χ0v) is 13.3. The van der Waals surface area contributed by atoms with Crippen molar-refractivity contribution in [1.82, 2.24) is 5.43 Å². The fourth-order valence-electron chi connectivity index (χ4n) is 1.73. The van der Waals surface area contributed by atoms with E-state index in [0.717, 1.165) is 30.5 Å². The van der Waals surface area contributed by atoms with Gasteiger partial charge in [0.05, 0.1) is 11.1 Å². The van der Waals surface area contributed by atoms with Crippen molar-refractivity contribution >= 4 is 28.1 Å². The van der Waals surface area contributed by atoms with Crippen LogP contribution in [0.3, 0.4) is 0 Å². The highest BCUT2D eigenvalue weighted by Crippen LogP contribution is 2.23. The average molecular weight is 364 g/mol. The van der Waals surface area contributed by atoms with E-state index in [1.165, 1.54) is 12.1 Å². The molecule has 2 aromatic rings. The first-order valence-electron chi connectivity index (χ1n) is 6.66. The molecule has 0 radical (unpaired) electrons. The highest BCUT2D eigenvalue weighted by atomic mass is 32.2. The summed E-state index contributed by atoms with van der Waals surface area (Å²) in [7, 11) is -4.22. The number of nitro benzene ring substituents is 1. The molecule has 0 atom stereocenters. The van der Waals surface area contributed by atoms with Gasteiger partial charge in [0, 0.05) is 17.7 Å². The summed E-state index contributed by atoms with van der Waals surface area (Å²) in [5.41, 5.74) is 6.86. The molecule has 0 aliphatic carbocycles. The Balaban J connectivity index is 2.27. The standard InChI is InChI=1S/C14H12N4O6S/c15-14(19)17-16-9-10-3-1-2-4-13(10)24-25(22,23)12-7-5-11(6-8-12)18(20)21/h1-9H,(H3,15,17,19). The van der Waals surface area contributed by atoms with E-state index in [1.807, 2.05) is 5.43 Å². The molecule has 0 heterocycles. The summed E-state index contributed by atoms with van der Waals surface area (Å²) in [4.78, 5) is 20.3. The number of para-hydroxylation sites is 1. The molecule has 11 heteroatoms. The number of benzene rings is 2. The molecule has 2 rings (SSSR count). The summed E-state index contributed by atoms with van der Waals surface area (Å²) >= 11 is 0. The zero-order chi connectivity index (χ0) is 18.4. The van der Waals surface area contributed by atoms with Crippen molar-refractivity contribution in [1.29, 1.82) is 0 Å². The van der Waals surface area contributed by atoms with Crippen LogP contribution in [0.4, 0.5) is 10.5 Å². The Morgan fingerprint density at radius 2 is 1.84 bits per heavy atom. The monoisotopic (exact) mass is 364 g/mol. The number of carbonyl (C=O) groups excluding carboxylic acids is 1. The molecule has 0 spiro atoms. The average Bonchev–Trinajstić information content (AvgIpc) is 2.56. The third kappa shape index (κ3) is 4.75. The number of nitrogens with zero attached hydrogens (tertiary/aromatic N) is 2. The van der Waals surface area contributed by atoms with Gasteiger partial charge in [-0.15, -0.1) is 0 Å². The van der Waals surface area contributed by atoms with E-state index in [2.05, 4.69) is 5.10 Å². The highest BCUT2D eigenvalue weighted by molar-refractivity contribution is 7.87. The Kier molecular flexibility index (Phi) is 5.29.